The Balaban J connectivity index is 2.18. The highest BCUT2D eigenvalue weighted by Gasteiger charge is 2.29. The minimum atomic E-state index is -4.54. The normalized spacial score (nSPS) is 11.0. The fourth-order valence-corrected chi connectivity index (χ4v) is 1.96. The predicted molar refractivity (Wildman–Crippen MR) is 81.7 cm³/mol. The monoisotopic (exact) mass is 360 g/mol. The van der Waals surface area contributed by atoms with Gasteiger partial charge in [0, 0.05) is 12.3 Å². The van der Waals surface area contributed by atoms with E-state index in [-0.39, 0.29) is 16.3 Å². The molecule has 0 unspecified atom stereocenters. The summed E-state index contributed by atoms with van der Waals surface area (Å²) in [5.41, 5.74) is 0.127. The van der Waals surface area contributed by atoms with E-state index in [4.69, 9.17) is 16.3 Å². The third-order valence-corrected chi connectivity index (χ3v) is 3.13. The van der Waals surface area contributed by atoms with Crippen molar-refractivity contribution in [2.24, 2.45) is 0 Å². The van der Waals surface area contributed by atoms with Crippen molar-refractivity contribution in [2.75, 3.05) is 19.0 Å². The number of benzene rings is 1. The van der Waals surface area contributed by atoms with E-state index >= 15 is 0 Å². The number of nitrogens with zero attached hydrogens (tertiary/aromatic N) is 1. The Morgan fingerprint density at radius 2 is 2.08 bits per heavy atom. The summed E-state index contributed by atoms with van der Waals surface area (Å²) in [6.45, 7) is -1.55. The van der Waals surface area contributed by atoms with Gasteiger partial charge in [-0.3, -0.25) is 4.79 Å². The molecule has 0 aliphatic carbocycles. The van der Waals surface area contributed by atoms with Crippen LogP contribution in [0.3, 0.4) is 0 Å². The van der Waals surface area contributed by atoms with Gasteiger partial charge in [0.25, 0.3) is 5.91 Å². The lowest BCUT2D eigenvalue weighted by Gasteiger charge is -2.13. The maximum absolute atomic E-state index is 12.3. The first-order chi connectivity index (χ1) is 11.3. The molecule has 5 nitrogen and oxygen atoms in total. The van der Waals surface area contributed by atoms with Gasteiger partial charge in [0.2, 0.25) is 5.88 Å². The van der Waals surface area contributed by atoms with E-state index < -0.39 is 24.6 Å². The van der Waals surface area contributed by atoms with Crippen LogP contribution in [0.2, 0.25) is 5.02 Å². The Bertz CT molecular complexity index is 738. The average molecular weight is 361 g/mol. The number of nitrogens with one attached hydrogen (secondary N) is 1. The number of pyridine rings is 1. The van der Waals surface area contributed by atoms with Crippen LogP contribution in [0.5, 0.6) is 11.6 Å². The van der Waals surface area contributed by atoms with Crippen LogP contribution in [-0.2, 0) is 0 Å². The molecule has 1 N–H and O–H groups in total. The minimum absolute atomic E-state index is 0.145. The highest BCUT2D eigenvalue weighted by Crippen LogP contribution is 2.28. The topological polar surface area (TPSA) is 60.5 Å². The Morgan fingerprint density at radius 1 is 1.33 bits per heavy atom. The van der Waals surface area contributed by atoms with E-state index in [9.17, 15) is 18.0 Å². The molecule has 24 heavy (non-hydrogen) atoms. The maximum Gasteiger partial charge on any atom is 0.422 e. The van der Waals surface area contributed by atoms with Gasteiger partial charge in [-0.15, -0.1) is 0 Å². The van der Waals surface area contributed by atoms with E-state index in [0.29, 0.717) is 5.75 Å². The smallest absolute Gasteiger partial charge is 0.422 e. The number of hydrogen-bond donors (Lipinski definition) is 1. The lowest BCUT2D eigenvalue weighted by Crippen LogP contribution is -2.22. The minimum Gasteiger partial charge on any atom is -0.497 e. The zero-order valence-electron chi connectivity index (χ0n) is 12.4. The molecular formula is C15H12ClF3N2O3. The molecule has 1 aromatic carbocycles. The van der Waals surface area contributed by atoms with Crippen molar-refractivity contribution in [1.29, 1.82) is 0 Å². The molecule has 1 aromatic heterocycles. The zero-order valence-corrected chi connectivity index (χ0v) is 13.1. The number of carbonyl (C=O) groups excluding carboxylic acids is 1. The van der Waals surface area contributed by atoms with Crippen LogP contribution in [-0.4, -0.2) is 30.8 Å². The van der Waals surface area contributed by atoms with Crippen molar-refractivity contribution in [3.8, 4) is 11.6 Å². The van der Waals surface area contributed by atoms with E-state index in [1.54, 1.807) is 6.07 Å². The molecule has 0 radical (unpaired) electrons. The molecule has 0 fully saturated rings. The first-order valence-electron chi connectivity index (χ1n) is 6.59. The van der Waals surface area contributed by atoms with Crippen LogP contribution in [0, 0.1) is 0 Å². The van der Waals surface area contributed by atoms with Crippen LogP contribution in [0.1, 0.15) is 10.4 Å². The summed E-state index contributed by atoms with van der Waals surface area (Å²) >= 11 is 6.01. The third-order valence-electron chi connectivity index (χ3n) is 2.81. The number of methoxy groups -OCH3 is 1. The van der Waals surface area contributed by atoms with Crippen LogP contribution in [0.15, 0.2) is 36.5 Å². The lowest BCUT2D eigenvalue weighted by atomic mass is 10.2. The van der Waals surface area contributed by atoms with Gasteiger partial charge in [-0.1, -0.05) is 11.6 Å². The summed E-state index contributed by atoms with van der Waals surface area (Å²) < 4.78 is 46.4. The highest BCUT2D eigenvalue weighted by atomic mass is 35.5. The molecule has 0 aliphatic heterocycles. The molecule has 0 saturated carbocycles. The highest BCUT2D eigenvalue weighted by molar-refractivity contribution is 6.34. The fourth-order valence-electron chi connectivity index (χ4n) is 1.74. The molecule has 0 atom stereocenters. The summed E-state index contributed by atoms with van der Waals surface area (Å²) in [6.07, 6.45) is -3.31. The number of carbonyl (C=O) groups is 1. The molecule has 128 valence electrons. The van der Waals surface area contributed by atoms with Gasteiger partial charge in [-0.05, 0) is 24.3 Å². The number of amides is 1. The second kappa shape index (κ2) is 7.39. The number of aromatic nitrogens is 1. The quantitative estimate of drug-likeness (QED) is 0.877. The fraction of sp³-hybridized carbons (Fsp3) is 0.200. The number of halogens is 4. The van der Waals surface area contributed by atoms with Crippen molar-refractivity contribution < 1.29 is 27.4 Å². The lowest BCUT2D eigenvalue weighted by molar-refractivity contribution is -0.154. The van der Waals surface area contributed by atoms with Crippen LogP contribution >= 0.6 is 11.6 Å². The molecule has 1 amide bonds. The van der Waals surface area contributed by atoms with E-state index in [1.165, 1.54) is 37.6 Å². The Kier molecular flexibility index (Phi) is 5.50. The number of anilines is 1. The van der Waals surface area contributed by atoms with Crippen molar-refractivity contribution in [2.45, 2.75) is 6.18 Å². The summed E-state index contributed by atoms with van der Waals surface area (Å²) in [4.78, 5) is 15.9. The van der Waals surface area contributed by atoms with Crippen LogP contribution in [0.4, 0.5) is 18.9 Å². The summed E-state index contributed by atoms with van der Waals surface area (Å²) in [7, 11) is 1.46. The van der Waals surface area contributed by atoms with E-state index in [1.807, 2.05) is 0 Å². The van der Waals surface area contributed by atoms with Crippen molar-refractivity contribution in [3.05, 3.63) is 47.1 Å². The Hall–Kier alpha value is -2.48. The van der Waals surface area contributed by atoms with Gasteiger partial charge in [0.05, 0.1) is 17.8 Å². The molecule has 0 bridgehead atoms. The van der Waals surface area contributed by atoms with Gasteiger partial charge < -0.3 is 14.8 Å². The summed E-state index contributed by atoms with van der Waals surface area (Å²) in [5, 5.41) is 2.70. The van der Waals surface area contributed by atoms with Crippen molar-refractivity contribution in [3.63, 3.8) is 0 Å². The summed E-state index contributed by atoms with van der Waals surface area (Å²) in [6, 6.07) is 7.27. The first-order valence-corrected chi connectivity index (χ1v) is 6.97. The Labute approximate surface area is 140 Å². The van der Waals surface area contributed by atoms with Gasteiger partial charge in [0.1, 0.15) is 11.3 Å². The van der Waals surface area contributed by atoms with Gasteiger partial charge >= 0.3 is 6.18 Å². The number of hydrogen-bond acceptors (Lipinski definition) is 4. The number of rotatable bonds is 5. The second-order valence-corrected chi connectivity index (χ2v) is 4.97. The largest absolute Gasteiger partial charge is 0.497 e. The molecule has 2 aromatic rings. The number of ether oxygens (including phenoxy) is 2. The standard InChI is InChI=1S/C15H12ClF3N2O3/c1-23-9-4-5-12(11(16)7-9)21-13(22)10-3-2-6-20-14(10)24-8-15(17,18)19/h2-7H,8H2,1H3,(H,21,22). The molecule has 2 rings (SSSR count). The number of alkyl halides is 3. The van der Waals surface area contributed by atoms with E-state index in [2.05, 4.69) is 15.0 Å². The average Bonchev–Trinajstić information content (AvgIpc) is 2.54. The molecule has 0 spiro atoms. The van der Waals surface area contributed by atoms with E-state index in [0.717, 1.165) is 0 Å². The third kappa shape index (κ3) is 4.76. The van der Waals surface area contributed by atoms with Crippen LogP contribution < -0.4 is 14.8 Å². The predicted octanol–water partition coefficient (Wildman–Crippen LogP) is 3.94. The zero-order chi connectivity index (χ0) is 17.7. The second-order valence-electron chi connectivity index (χ2n) is 4.56. The van der Waals surface area contributed by atoms with Gasteiger partial charge in [-0.25, -0.2) is 4.98 Å². The summed E-state index contributed by atoms with van der Waals surface area (Å²) in [5.74, 6) is -0.627. The molecular weight excluding hydrogens is 349 g/mol. The molecule has 0 saturated heterocycles. The van der Waals surface area contributed by atoms with Crippen molar-refractivity contribution in [1.82, 2.24) is 4.98 Å². The Morgan fingerprint density at radius 3 is 2.71 bits per heavy atom. The van der Waals surface area contributed by atoms with Gasteiger partial charge in [-0.2, -0.15) is 13.2 Å². The SMILES string of the molecule is COc1ccc(NC(=O)c2cccnc2OCC(F)(F)F)c(Cl)c1. The van der Waals surface area contributed by atoms with Gasteiger partial charge in [0.15, 0.2) is 6.61 Å². The molecule has 0 aliphatic rings. The molecule has 9 heteroatoms. The molecule has 1 heterocycles. The van der Waals surface area contributed by atoms with Crippen LogP contribution in [0.25, 0.3) is 0 Å². The first kappa shape index (κ1) is 17.9. The maximum atomic E-state index is 12.3. The van der Waals surface area contributed by atoms with Crippen molar-refractivity contribution >= 4 is 23.2 Å².